The van der Waals surface area contributed by atoms with E-state index >= 15 is 0 Å². The molecule has 0 aliphatic heterocycles. The third-order valence-corrected chi connectivity index (χ3v) is 6.01. The lowest BCUT2D eigenvalue weighted by Crippen LogP contribution is -1.83. The Morgan fingerprint density at radius 2 is 1.21 bits per heavy atom. The van der Waals surface area contributed by atoms with Gasteiger partial charge in [-0.2, -0.15) is 0 Å². The lowest BCUT2D eigenvalue weighted by atomic mass is 10.0. The van der Waals surface area contributed by atoms with E-state index in [4.69, 9.17) is 4.98 Å². The van der Waals surface area contributed by atoms with Crippen molar-refractivity contribution in [3.05, 3.63) is 133 Å². The van der Waals surface area contributed by atoms with E-state index in [0.29, 0.717) is 0 Å². The van der Waals surface area contributed by atoms with E-state index in [-0.39, 0.29) is 0 Å². The Morgan fingerprint density at radius 1 is 0.545 bits per heavy atom. The Balaban J connectivity index is 1.26. The van der Waals surface area contributed by atoms with Crippen molar-refractivity contribution in [2.45, 2.75) is 0 Å². The Labute approximate surface area is 193 Å². The monoisotopic (exact) mass is 422 g/mol. The molecule has 0 saturated carbocycles. The molecule has 0 amide bonds. The third kappa shape index (κ3) is 3.95. The lowest BCUT2D eigenvalue weighted by molar-refractivity contribution is 1.18. The quantitative estimate of drug-likeness (QED) is 0.281. The number of pyridine rings is 1. The van der Waals surface area contributed by atoms with E-state index in [0.717, 1.165) is 22.5 Å². The molecule has 0 spiro atoms. The van der Waals surface area contributed by atoms with Gasteiger partial charge in [-0.05, 0) is 51.2 Å². The van der Waals surface area contributed by atoms with E-state index in [2.05, 4.69) is 132 Å². The van der Waals surface area contributed by atoms with Crippen LogP contribution in [0.2, 0.25) is 0 Å². The molecule has 0 saturated heterocycles. The number of hydrogen-bond donors (Lipinski definition) is 0. The van der Waals surface area contributed by atoms with E-state index in [1.165, 1.54) is 27.5 Å². The molecule has 2 aromatic heterocycles. The largest absolute Gasteiger partial charge is 0.306 e. The average Bonchev–Trinajstić information content (AvgIpc) is 3.31. The van der Waals surface area contributed by atoms with Crippen LogP contribution in [0, 0.1) is 0 Å². The first-order valence-electron chi connectivity index (χ1n) is 11.1. The van der Waals surface area contributed by atoms with Gasteiger partial charge in [0.05, 0.1) is 5.69 Å². The maximum absolute atomic E-state index is 4.87. The van der Waals surface area contributed by atoms with Crippen LogP contribution in [0.3, 0.4) is 0 Å². The van der Waals surface area contributed by atoms with E-state index in [1.807, 2.05) is 6.07 Å². The van der Waals surface area contributed by atoms with Gasteiger partial charge in [-0.1, -0.05) is 103 Å². The van der Waals surface area contributed by atoms with Gasteiger partial charge in [-0.25, -0.2) is 4.98 Å². The molecule has 156 valence electrons. The van der Waals surface area contributed by atoms with Crippen LogP contribution in [0.25, 0.3) is 51.0 Å². The number of benzene rings is 4. The summed E-state index contributed by atoms with van der Waals surface area (Å²) in [4.78, 5) is 4.87. The number of hydrogen-bond acceptors (Lipinski definition) is 1. The van der Waals surface area contributed by atoms with Crippen molar-refractivity contribution in [2.75, 3.05) is 0 Å². The van der Waals surface area contributed by atoms with Gasteiger partial charge >= 0.3 is 0 Å². The van der Waals surface area contributed by atoms with Crippen LogP contribution < -0.4 is 0 Å². The second-order valence-corrected chi connectivity index (χ2v) is 8.23. The normalized spacial score (nSPS) is 11.5. The highest BCUT2D eigenvalue weighted by molar-refractivity contribution is 5.86. The molecule has 4 aromatic carbocycles. The van der Waals surface area contributed by atoms with Gasteiger partial charge in [0.15, 0.2) is 0 Å². The van der Waals surface area contributed by atoms with Crippen LogP contribution in [0.1, 0.15) is 11.1 Å². The first-order valence-corrected chi connectivity index (χ1v) is 11.1. The zero-order chi connectivity index (χ0) is 22.0. The van der Waals surface area contributed by atoms with Gasteiger partial charge in [-0.15, -0.1) is 0 Å². The number of imidazole rings is 1. The fourth-order valence-electron chi connectivity index (χ4n) is 4.21. The Kier molecular flexibility index (Phi) is 4.82. The fraction of sp³-hybridized carbons (Fsp3) is 0. The molecule has 0 N–H and O–H groups in total. The number of rotatable bonds is 4. The highest BCUT2D eigenvalue weighted by atomic mass is 15.0. The van der Waals surface area contributed by atoms with Crippen LogP contribution in [-0.2, 0) is 0 Å². The van der Waals surface area contributed by atoms with E-state index in [1.54, 1.807) is 0 Å². The molecule has 0 fully saturated rings. The van der Waals surface area contributed by atoms with Gasteiger partial charge in [0, 0.05) is 18.0 Å². The van der Waals surface area contributed by atoms with Crippen LogP contribution in [0.4, 0.5) is 0 Å². The summed E-state index contributed by atoms with van der Waals surface area (Å²) in [6.45, 7) is 0. The highest BCUT2D eigenvalue weighted by Crippen LogP contribution is 2.25. The molecule has 0 radical (unpaired) electrons. The molecular weight excluding hydrogens is 400 g/mol. The van der Waals surface area contributed by atoms with Gasteiger partial charge in [0.1, 0.15) is 5.65 Å². The van der Waals surface area contributed by atoms with Crippen molar-refractivity contribution in [1.82, 2.24) is 9.38 Å². The van der Waals surface area contributed by atoms with Crippen molar-refractivity contribution >= 4 is 28.6 Å². The maximum Gasteiger partial charge on any atom is 0.138 e. The van der Waals surface area contributed by atoms with Gasteiger partial charge in [-0.3, -0.25) is 0 Å². The molecule has 33 heavy (non-hydrogen) atoms. The van der Waals surface area contributed by atoms with Crippen molar-refractivity contribution in [3.63, 3.8) is 0 Å². The molecule has 6 aromatic rings. The summed E-state index contributed by atoms with van der Waals surface area (Å²) >= 11 is 0. The minimum Gasteiger partial charge on any atom is -0.306 e. The zero-order valence-electron chi connectivity index (χ0n) is 18.1. The van der Waals surface area contributed by atoms with Gasteiger partial charge < -0.3 is 4.40 Å². The Bertz CT molecular complexity index is 1590. The molecule has 0 aliphatic carbocycles. The lowest BCUT2D eigenvalue weighted by Gasteiger charge is -2.02. The highest BCUT2D eigenvalue weighted by Gasteiger charge is 2.06. The van der Waals surface area contributed by atoms with Crippen molar-refractivity contribution in [1.29, 1.82) is 0 Å². The molecule has 6 rings (SSSR count). The average molecular weight is 423 g/mol. The molecule has 2 heterocycles. The predicted molar refractivity (Wildman–Crippen MR) is 139 cm³/mol. The van der Waals surface area contributed by atoms with Crippen LogP contribution in [0.15, 0.2) is 122 Å². The minimum atomic E-state index is 0.942. The van der Waals surface area contributed by atoms with E-state index in [9.17, 15) is 0 Å². The fourth-order valence-corrected chi connectivity index (χ4v) is 4.21. The second kappa shape index (κ2) is 8.25. The molecule has 2 heteroatoms. The third-order valence-electron chi connectivity index (χ3n) is 6.01. The number of aromatic nitrogens is 2. The van der Waals surface area contributed by atoms with Crippen molar-refractivity contribution in [3.8, 4) is 22.4 Å². The smallest absolute Gasteiger partial charge is 0.138 e. The summed E-state index contributed by atoms with van der Waals surface area (Å²) in [5.41, 5.74) is 7.80. The molecule has 0 unspecified atom stereocenters. The SMILES string of the molecule is C(=C\c1ccn2cc(-c3ccc(-c4ccccc4)cc3)nc2c1)/c1ccc2ccccc2c1. The van der Waals surface area contributed by atoms with Gasteiger partial charge in [0.25, 0.3) is 0 Å². The van der Waals surface area contributed by atoms with Crippen LogP contribution >= 0.6 is 0 Å². The molecule has 0 bridgehead atoms. The molecular formula is C31H22N2. The summed E-state index contributed by atoms with van der Waals surface area (Å²) in [6.07, 6.45) is 8.46. The standard InChI is InChI=1S/C31H22N2/c1-2-6-25(7-3-1)27-14-16-28(17-15-27)30-22-33-19-18-24(21-31(33)32-30)11-10-23-12-13-26-8-4-5-9-29(26)20-23/h1-22H/b11-10+. The summed E-state index contributed by atoms with van der Waals surface area (Å²) < 4.78 is 2.08. The summed E-state index contributed by atoms with van der Waals surface area (Å²) in [7, 11) is 0. The van der Waals surface area contributed by atoms with Crippen LogP contribution in [-0.4, -0.2) is 9.38 Å². The first kappa shape index (κ1) is 19.3. The molecule has 0 atom stereocenters. The minimum absolute atomic E-state index is 0.942. The Morgan fingerprint density at radius 3 is 2.03 bits per heavy atom. The van der Waals surface area contributed by atoms with Gasteiger partial charge in [0.2, 0.25) is 0 Å². The van der Waals surface area contributed by atoms with Crippen molar-refractivity contribution < 1.29 is 0 Å². The Hall–Kier alpha value is -4.43. The number of nitrogens with zero attached hydrogens (tertiary/aromatic N) is 2. The van der Waals surface area contributed by atoms with Crippen LogP contribution in [0.5, 0.6) is 0 Å². The molecule has 0 aliphatic rings. The molecule has 2 nitrogen and oxygen atoms in total. The maximum atomic E-state index is 4.87. The topological polar surface area (TPSA) is 17.3 Å². The summed E-state index contributed by atoms with van der Waals surface area (Å²) in [5.74, 6) is 0. The zero-order valence-corrected chi connectivity index (χ0v) is 18.1. The summed E-state index contributed by atoms with van der Waals surface area (Å²) in [6, 6.07) is 38.3. The predicted octanol–water partition coefficient (Wildman–Crippen LogP) is 7.99. The van der Waals surface area contributed by atoms with E-state index < -0.39 is 0 Å². The first-order chi connectivity index (χ1) is 16.3. The second-order valence-electron chi connectivity index (χ2n) is 8.23. The number of fused-ring (bicyclic) bond motifs is 2. The summed E-state index contributed by atoms with van der Waals surface area (Å²) in [5, 5.41) is 2.52. The van der Waals surface area contributed by atoms with Crippen molar-refractivity contribution in [2.24, 2.45) is 0 Å².